The van der Waals surface area contributed by atoms with Gasteiger partial charge in [-0.2, -0.15) is 5.10 Å². The second-order valence-electron chi connectivity index (χ2n) is 5.88. The maximum absolute atomic E-state index is 6.16. The molecule has 21 heavy (non-hydrogen) atoms. The van der Waals surface area contributed by atoms with Gasteiger partial charge in [-0.05, 0) is 37.5 Å². The fourth-order valence-corrected chi connectivity index (χ4v) is 3.82. The Bertz CT molecular complexity index is 687. The van der Waals surface area contributed by atoms with E-state index in [1.165, 1.54) is 36.9 Å². The van der Waals surface area contributed by atoms with Crippen molar-refractivity contribution in [1.29, 1.82) is 0 Å². The third-order valence-corrected chi connectivity index (χ3v) is 5.31. The molecule has 1 aliphatic carbocycles. The van der Waals surface area contributed by atoms with E-state index in [-0.39, 0.29) is 0 Å². The zero-order valence-corrected chi connectivity index (χ0v) is 13.2. The summed E-state index contributed by atoms with van der Waals surface area (Å²) >= 11 is 12.2. The van der Waals surface area contributed by atoms with Crippen LogP contribution in [0, 0.1) is 0 Å². The number of aromatic nitrogens is 2. The quantitative estimate of drug-likeness (QED) is 0.860. The zero-order chi connectivity index (χ0) is 14.4. The van der Waals surface area contributed by atoms with Gasteiger partial charge >= 0.3 is 0 Å². The molecular formula is C16H17Cl2N3. The molecule has 1 fully saturated rings. The number of hydrogen-bond acceptors (Lipinski definition) is 2. The number of anilines is 1. The van der Waals surface area contributed by atoms with Gasteiger partial charge in [-0.25, -0.2) is 4.68 Å². The topological polar surface area (TPSA) is 29.9 Å². The number of hydrogen-bond donors (Lipinski definition) is 1. The van der Waals surface area contributed by atoms with Crippen molar-refractivity contribution in [2.75, 3.05) is 11.9 Å². The van der Waals surface area contributed by atoms with Gasteiger partial charge in [-0.1, -0.05) is 36.0 Å². The van der Waals surface area contributed by atoms with Crippen LogP contribution in [0.5, 0.6) is 0 Å². The lowest BCUT2D eigenvalue weighted by Gasteiger charge is -2.08. The number of nitrogens with zero attached hydrogens (tertiary/aromatic N) is 2. The summed E-state index contributed by atoms with van der Waals surface area (Å²) in [5.74, 6) is 1.76. The fourth-order valence-electron chi connectivity index (χ4n) is 3.53. The molecule has 3 nitrogen and oxygen atoms in total. The lowest BCUT2D eigenvalue weighted by Crippen LogP contribution is -2.06. The Morgan fingerprint density at radius 3 is 2.71 bits per heavy atom. The van der Waals surface area contributed by atoms with Crippen LogP contribution in [0.15, 0.2) is 18.2 Å². The smallest absolute Gasteiger partial charge is 0.133 e. The normalized spacial score (nSPS) is 18.0. The van der Waals surface area contributed by atoms with Crippen LogP contribution in [-0.2, 0) is 6.42 Å². The Kier molecular flexibility index (Phi) is 3.35. The second kappa shape index (κ2) is 5.22. The molecule has 0 unspecified atom stereocenters. The summed E-state index contributed by atoms with van der Waals surface area (Å²) in [5, 5.41) is 9.52. The maximum Gasteiger partial charge on any atom is 0.133 e. The molecule has 2 aromatic rings. The first-order chi connectivity index (χ1) is 10.2. The minimum Gasteiger partial charge on any atom is -0.369 e. The number of halogens is 2. The molecule has 5 heteroatoms. The number of benzene rings is 1. The van der Waals surface area contributed by atoms with Gasteiger partial charge < -0.3 is 5.32 Å². The van der Waals surface area contributed by atoms with Crippen molar-refractivity contribution < 1.29 is 0 Å². The van der Waals surface area contributed by atoms with Gasteiger partial charge in [0.15, 0.2) is 0 Å². The molecule has 1 aromatic carbocycles. The molecule has 0 radical (unpaired) electrons. The predicted molar refractivity (Wildman–Crippen MR) is 87.0 cm³/mol. The molecule has 110 valence electrons. The molecule has 0 amide bonds. The summed E-state index contributed by atoms with van der Waals surface area (Å²) in [6.07, 6.45) is 6.26. The lowest BCUT2D eigenvalue weighted by molar-refractivity contribution is 0.670. The van der Waals surface area contributed by atoms with Gasteiger partial charge in [0.2, 0.25) is 0 Å². The van der Waals surface area contributed by atoms with E-state index in [1.807, 2.05) is 22.9 Å². The Balaban J connectivity index is 1.81. The van der Waals surface area contributed by atoms with Crippen LogP contribution in [-0.4, -0.2) is 16.3 Å². The van der Waals surface area contributed by atoms with E-state index >= 15 is 0 Å². The van der Waals surface area contributed by atoms with Crippen molar-refractivity contribution in [2.24, 2.45) is 0 Å². The van der Waals surface area contributed by atoms with E-state index in [0.29, 0.717) is 16.0 Å². The first kappa shape index (κ1) is 13.5. The molecule has 0 bridgehead atoms. The fraction of sp³-hybridized carbons (Fsp3) is 0.438. The van der Waals surface area contributed by atoms with Gasteiger partial charge in [0.25, 0.3) is 0 Å². The molecule has 0 spiro atoms. The van der Waals surface area contributed by atoms with Crippen LogP contribution >= 0.6 is 23.2 Å². The van der Waals surface area contributed by atoms with Crippen molar-refractivity contribution in [3.63, 3.8) is 0 Å². The van der Waals surface area contributed by atoms with Crippen molar-refractivity contribution in [2.45, 2.75) is 38.0 Å². The van der Waals surface area contributed by atoms with Crippen LogP contribution in [0.25, 0.3) is 5.69 Å². The number of rotatable bonds is 2. The standard InChI is InChI=1S/C16H17Cl2N3/c17-13-6-5-11(9-14(13)18)21-16-12(7-8-19-16)15(20-21)10-3-1-2-4-10/h5-6,9-10,19H,1-4,7-8H2. The van der Waals surface area contributed by atoms with E-state index in [1.54, 1.807) is 0 Å². The Hall–Kier alpha value is -1.19. The molecule has 0 atom stereocenters. The minimum atomic E-state index is 0.568. The van der Waals surface area contributed by atoms with Crippen molar-refractivity contribution in [1.82, 2.24) is 9.78 Å². The van der Waals surface area contributed by atoms with Crippen molar-refractivity contribution in [3.8, 4) is 5.69 Å². The molecule has 1 aliphatic heterocycles. The summed E-state index contributed by atoms with van der Waals surface area (Å²) in [5.41, 5.74) is 3.66. The zero-order valence-electron chi connectivity index (χ0n) is 11.7. The van der Waals surface area contributed by atoms with Crippen molar-refractivity contribution >= 4 is 29.0 Å². The van der Waals surface area contributed by atoms with E-state index in [4.69, 9.17) is 28.3 Å². The first-order valence-electron chi connectivity index (χ1n) is 7.55. The summed E-state index contributed by atoms with van der Waals surface area (Å²) in [6.45, 7) is 0.994. The molecule has 2 aliphatic rings. The highest BCUT2D eigenvalue weighted by molar-refractivity contribution is 6.42. The van der Waals surface area contributed by atoms with Crippen LogP contribution in [0.4, 0.5) is 5.82 Å². The molecule has 1 aromatic heterocycles. The molecule has 1 N–H and O–H groups in total. The predicted octanol–water partition coefficient (Wildman–Crippen LogP) is 4.80. The largest absolute Gasteiger partial charge is 0.369 e. The summed E-state index contributed by atoms with van der Waals surface area (Å²) in [6, 6.07) is 5.69. The summed E-state index contributed by atoms with van der Waals surface area (Å²) in [4.78, 5) is 0. The van der Waals surface area contributed by atoms with Gasteiger partial charge in [0.1, 0.15) is 5.82 Å². The van der Waals surface area contributed by atoms with Gasteiger partial charge in [0.05, 0.1) is 21.4 Å². The van der Waals surface area contributed by atoms with E-state index < -0.39 is 0 Å². The Morgan fingerprint density at radius 1 is 1.14 bits per heavy atom. The minimum absolute atomic E-state index is 0.568. The third kappa shape index (κ3) is 2.23. The van der Waals surface area contributed by atoms with Gasteiger partial charge in [-0.15, -0.1) is 0 Å². The molecule has 4 rings (SSSR count). The highest BCUT2D eigenvalue weighted by Gasteiger charge is 2.29. The number of fused-ring (bicyclic) bond motifs is 1. The first-order valence-corrected chi connectivity index (χ1v) is 8.31. The number of nitrogens with one attached hydrogen (secondary N) is 1. The van der Waals surface area contributed by atoms with Crippen LogP contribution in [0.1, 0.15) is 42.9 Å². The van der Waals surface area contributed by atoms with Gasteiger partial charge in [-0.3, -0.25) is 0 Å². The van der Waals surface area contributed by atoms with Gasteiger partial charge in [0, 0.05) is 18.0 Å². The van der Waals surface area contributed by atoms with E-state index in [2.05, 4.69) is 5.32 Å². The van der Waals surface area contributed by atoms with Crippen LogP contribution in [0.2, 0.25) is 10.0 Å². The lowest BCUT2D eigenvalue weighted by atomic mass is 9.99. The van der Waals surface area contributed by atoms with Crippen molar-refractivity contribution in [3.05, 3.63) is 39.5 Å². The van der Waals surface area contributed by atoms with Crippen LogP contribution < -0.4 is 5.32 Å². The average Bonchev–Trinajstić information content (AvgIpc) is 3.17. The Morgan fingerprint density at radius 2 is 1.95 bits per heavy atom. The molecule has 1 saturated carbocycles. The highest BCUT2D eigenvalue weighted by Crippen LogP contribution is 2.40. The van der Waals surface area contributed by atoms with Crippen LogP contribution in [0.3, 0.4) is 0 Å². The average molecular weight is 322 g/mol. The Labute approximate surface area is 134 Å². The molecule has 2 heterocycles. The monoisotopic (exact) mass is 321 g/mol. The van der Waals surface area contributed by atoms with E-state index in [9.17, 15) is 0 Å². The maximum atomic E-state index is 6.16. The third-order valence-electron chi connectivity index (χ3n) is 4.57. The molecule has 0 saturated heterocycles. The highest BCUT2D eigenvalue weighted by atomic mass is 35.5. The van der Waals surface area contributed by atoms with E-state index in [0.717, 1.165) is 24.5 Å². The molecular weight excluding hydrogens is 305 g/mol. The second-order valence-corrected chi connectivity index (χ2v) is 6.70. The summed E-state index contributed by atoms with van der Waals surface area (Å²) in [7, 11) is 0. The SMILES string of the molecule is Clc1ccc(-n2nc(C3CCCC3)c3c2NCC3)cc1Cl. The summed E-state index contributed by atoms with van der Waals surface area (Å²) < 4.78 is 2.00.